The highest BCUT2D eigenvalue weighted by atomic mass is 16.6. The van der Waals surface area contributed by atoms with Gasteiger partial charge in [-0.1, -0.05) is 12.1 Å². The minimum Gasteiger partial charge on any atom is -0.480 e. The van der Waals surface area contributed by atoms with Crippen molar-refractivity contribution in [1.29, 1.82) is 0 Å². The normalized spacial score (nSPS) is 13.3. The fourth-order valence-corrected chi connectivity index (χ4v) is 1.28. The summed E-state index contributed by atoms with van der Waals surface area (Å²) in [6.45, 7) is 1.37. The number of hydrogen-bond acceptors (Lipinski definition) is 4. The number of non-ortho nitro benzene ring substituents is 1. The average Bonchev–Trinajstić information content (AvgIpc) is 2.17. The SMILES string of the molecule is C[C@](N)(Cc1cccc([N+](=O)[O-])c1)C(=O)O.O. The number of nitro benzene ring substituents is 1. The summed E-state index contributed by atoms with van der Waals surface area (Å²) in [5, 5.41) is 19.3. The number of carboxylic acid groups (broad SMARTS) is 1. The van der Waals surface area contributed by atoms with E-state index in [9.17, 15) is 14.9 Å². The second kappa shape index (κ2) is 5.37. The molecule has 0 fully saturated rings. The molecule has 0 aliphatic heterocycles. The molecule has 17 heavy (non-hydrogen) atoms. The molecule has 1 rings (SSSR count). The molecule has 5 N–H and O–H groups in total. The Bertz CT molecular complexity index is 430. The quantitative estimate of drug-likeness (QED) is 0.570. The minimum absolute atomic E-state index is 0. The van der Waals surface area contributed by atoms with Crippen molar-refractivity contribution in [3.8, 4) is 0 Å². The molecule has 0 saturated carbocycles. The predicted octanol–water partition coefficient (Wildman–Crippen LogP) is 0.115. The number of aliphatic carboxylic acids is 1. The molecule has 0 bridgehead atoms. The molecule has 0 radical (unpaired) electrons. The maximum atomic E-state index is 10.8. The molecule has 1 atom stereocenters. The van der Waals surface area contributed by atoms with Crippen LogP contribution in [0.4, 0.5) is 5.69 Å². The molecule has 7 nitrogen and oxygen atoms in total. The molecule has 0 amide bonds. The summed E-state index contributed by atoms with van der Waals surface area (Å²) in [5.74, 6) is -1.14. The van der Waals surface area contributed by atoms with Crippen LogP contribution in [-0.2, 0) is 11.2 Å². The smallest absolute Gasteiger partial charge is 0.323 e. The topological polar surface area (TPSA) is 138 Å². The van der Waals surface area contributed by atoms with E-state index >= 15 is 0 Å². The van der Waals surface area contributed by atoms with Crippen molar-refractivity contribution in [2.24, 2.45) is 5.73 Å². The van der Waals surface area contributed by atoms with Crippen LogP contribution in [0, 0.1) is 10.1 Å². The molecule has 94 valence electrons. The summed E-state index contributed by atoms with van der Waals surface area (Å²) in [7, 11) is 0. The van der Waals surface area contributed by atoms with Gasteiger partial charge in [0.15, 0.2) is 0 Å². The van der Waals surface area contributed by atoms with E-state index in [2.05, 4.69) is 0 Å². The molecular formula is C10H14N2O5. The summed E-state index contributed by atoms with van der Waals surface area (Å²) in [6.07, 6.45) is 0.0456. The third-order valence-corrected chi connectivity index (χ3v) is 2.18. The largest absolute Gasteiger partial charge is 0.480 e. The summed E-state index contributed by atoms with van der Waals surface area (Å²) in [4.78, 5) is 20.8. The van der Waals surface area contributed by atoms with E-state index in [1.807, 2.05) is 0 Å². The Morgan fingerprint density at radius 3 is 2.65 bits per heavy atom. The molecule has 0 aliphatic carbocycles. The first-order chi connectivity index (χ1) is 7.33. The number of rotatable bonds is 4. The fourth-order valence-electron chi connectivity index (χ4n) is 1.28. The van der Waals surface area contributed by atoms with Gasteiger partial charge in [-0.25, -0.2) is 0 Å². The third-order valence-electron chi connectivity index (χ3n) is 2.18. The fraction of sp³-hybridized carbons (Fsp3) is 0.300. The number of carboxylic acids is 1. The van der Waals surface area contributed by atoms with Crippen LogP contribution < -0.4 is 5.73 Å². The van der Waals surface area contributed by atoms with E-state index in [4.69, 9.17) is 10.8 Å². The number of nitro groups is 1. The van der Waals surface area contributed by atoms with Crippen LogP contribution in [0.5, 0.6) is 0 Å². The second-order valence-electron chi connectivity index (χ2n) is 3.83. The lowest BCUT2D eigenvalue weighted by Crippen LogP contribution is -2.46. The first kappa shape index (κ1) is 15.0. The van der Waals surface area contributed by atoms with E-state index < -0.39 is 16.4 Å². The molecule has 0 heterocycles. The first-order valence-corrected chi connectivity index (χ1v) is 4.58. The molecule has 7 heteroatoms. The number of nitrogens with zero attached hydrogens (tertiary/aromatic N) is 1. The lowest BCUT2D eigenvalue weighted by atomic mass is 9.94. The molecule has 0 aromatic heterocycles. The maximum absolute atomic E-state index is 10.8. The van der Waals surface area contributed by atoms with Gasteiger partial charge in [0.2, 0.25) is 0 Å². The van der Waals surface area contributed by atoms with Gasteiger partial charge in [0.05, 0.1) is 4.92 Å². The lowest BCUT2D eigenvalue weighted by molar-refractivity contribution is -0.384. The minimum atomic E-state index is -1.42. The van der Waals surface area contributed by atoms with Crippen LogP contribution in [0.1, 0.15) is 12.5 Å². The Balaban J connectivity index is 0.00000256. The van der Waals surface area contributed by atoms with E-state index in [1.165, 1.54) is 25.1 Å². The van der Waals surface area contributed by atoms with Gasteiger partial charge in [0.25, 0.3) is 5.69 Å². The summed E-state index contributed by atoms with van der Waals surface area (Å²) in [5.41, 5.74) is 4.59. The summed E-state index contributed by atoms with van der Waals surface area (Å²) >= 11 is 0. The standard InChI is InChI=1S/C10H12N2O4.H2O/c1-10(11,9(13)14)6-7-3-2-4-8(5-7)12(15)16;/h2-5H,6,11H2,1H3,(H,13,14);1H2/t10-;/m0./s1. The number of hydrogen-bond donors (Lipinski definition) is 2. The van der Waals surface area contributed by atoms with Gasteiger partial charge in [-0.2, -0.15) is 0 Å². The van der Waals surface area contributed by atoms with Crippen LogP contribution in [0.25, 0.3) is 0 Å². The number of nitrogens with two attached hydrogens (primary N) is 1. The molecule has 0 saturated heterocycles. The van der Waals surface area contributed by atoms with Crippen molar-refractivity contribution in [3.63, 3.8) is 0 Å². The van der Waals surface area contributed by atoms with Crippen molar-refractivity contribution >= 4 is 11.7 Å². The Kier molecular flexibility index (Phi) is 4.74. The van der Waals surface area contributed by atoms with Gasteiger partial charge < -0.3 is 16.3 Å². The van der Waals surface area contributed by atoms with Crippen molar-refractivity contribution in [2.75, 3.05) is 0 Å². The van der Waals surface area contributed by atoms with E-state index in [1.54, 1.807) is 6.07 Å². The number of benzene rings is 1. The molecule has 1 aromatic carbocycles. The van der Waals surface area contributed by atoms with Gasteiger partial charge in [0, 0.05) is 18.6 Å². The highest BCUT2D eigenvalue weighted by Gasteiger charge is 2.28. The molecular weight excluding hydrogens is 228 g/mol. The van der Waals surface area contributed by atoms with Crippen molar-refractivity contribution in [3.05, 3.63) is 39.9 Å². The zero-order valence-corrected chi connectivity index (χ0v) is 9.21. The molecule has 0 aliphatic rings. The van der Waals surface area contributed by atoms with Crippen LogP contribution in [-0.4, -0.2) is 27.0 Å². The van der Waals surface area contributed by atoms with Crippen molar-refractivity contribution < 1.29 is 20.3 Å². The monoisotopic (exact) mass is 242 g/mol. The van der Waals surface area contributed by atoms with E-state index in [-0.39, 0.29) is 17.6 Å². The van der Waals surface area contributed by atoms with Crippen molar-refractivity contribution in [1.82, 2.24) is 0 Å². The highest BCUT2D eigenvalue weighted by molar-refractivity contribution is 5.78. The summed E-state index contributed by atoms with van der Waals surface area (Å²) in [6, 6.07) is 5.79. The second-order valence-corrected chi connectivity index (χ2v) is 3.83. The Morgan fingerprint density at radius 1 is 1.59 bits per heavy atom. The van der Waals surface area contributed by atoms with Crippen LogP contribution >= 0.6 is 0 Å². The van der Waals surface area contributed by atoms with Crippen LogP contribution in [0.15, 0.2) is 24.3 Å². The average molecular weight is 242 g/mol. The van der Waals surface area contributed by atoms with Gasteiger partial charge in [-0.15, -0.1) is 0 Å². The predicted molar refractivity (Wildman–Crippen MR) is 60.6 cm³/mol. The molecule has 1 aromatic rings. The van der Waals surface area contributed by atoms with Crippen LogP contribution in [0.2, 0.25) is 0 Å². The Morgan fingerprint density at radius 2 is 2.18 bits per heavy atom. The van der Waals surface area contributed by atoms with Gasteiger partial charge >= 0.3 is 5.97 Å². The van der Waals surface area contributed by atoms with E-state index in [0.29, 0.717) is 5.56 Å². The van der Waals surface area contributed by atoms with Crippen LogP contribution in [0.3, 0.4) is 0 Å². The third kappa shape index (κ3) is 3.82. The van der Waals surface area contributed by atoms with E-state index in [0.717, 1.165) is 0 Å². The molecule has 0 spiro atoms. The highest BCUT2D eigenvalue weighted by Crippen LogP contribution is 2.17. The molecule has 0 unspecified atom stereocenters. The zero-order valence-electron chi connectivity index (χ0n) is 9.21. The van der Waals surface area contributed by atoms with Gasteiger partial charge in [-0.3, -0.25) is 14.9 Å². The van der Waals surface area contributed by atoms with Crippen molar-refractivity contribution in [2.45, 2.75) is 18.9 Å². The first-order valence-electron chi connectivity index (χ1n) is 4.58. The Hall–Kier alpha value is -1.99. The summed E-state index contributed by atoms with van der Waals surface area (Å²) < 4.78 is 0. The maximum Gasteiger partial charge on any atom is 0.323 e. The van der Waals surface area contributed by atoms with Gasteiger partial charge in [0.1, 0.15) is 5.54 Å². The van der Waals surface area contributed by atoms with Gasteiger partial charge in [-0.05, 0) is 12.5 Å². The lowest BCUT2D eigenvalue weighted by Gasteiger charge is -2.18. The Labute approximate surface area is 97.3 Å². The number of carbonyl (C=O) groups is 1. The zero-order chi connectivity index (χ0) is 12.3.